The summed E-state index contributed by atoms with van der Waals surface area (Å²) in [6.45, 7) is 19.0. The molecule has 2 aliphatic carbocycles. The Morgan fingerprint density at radius 3 is 2.39 bits per heavy atom. The van der Waals surface area contributed by atoms with Gasteiger partial charge in [0, 0.05) is 37.2 Å². The van der Waals surface area contributed by atoms with Gasteiger partial charge in [-0.3, -0.25) is 4.79 Å². The van der Waals surface area contributed by atoms with Gasteiger partial charge in [0.1, 0.15) is 12.7 Å². The molecule has 10 heteroatoms. The monoisotopic (exact) mass is 657 g/mol. The summed E-state index contributed by atoms with van der Waals surface area (Å²) in [6.07, 6.45) is 5.42. The van der Waals surface area contributed by atoms with E-state index in [0.29, 0.717) is 36.8 Å². The van der Waals surface area contributed by atoms with Crippen molar-refractivity contribution in [3.63, 3.8) is 0 Å². The number of fused-ring (bicyclic) bond motifs is 3. The molecule has 9 nitrogen and oxygen atoms in total. The Bertz CT molecular complexity index is 1360. The molecule has 0 radical (unpaired) electrons. The van der Waals surface area contributed by atoms with Crippen LogP contribution in [0.1, 0.15) is 73.6 Å². The van der Waals surface area contributed by atoms with Gasteiger partial charge in [-0.2, -0.15) is 0 Å². The van der Waals surface area contributed by atoms with Crippen molar-refractivity contribution >= 4 is 25.9 Å². The Labute approximate surface area is 276 Å². The van der Waals surface area contributed by atoms with E-state index in [-0.39, 0.29) is 51.9 Å². The Morgan fingerprint density at radius 2 is 1.78 bits per heavy atom. The topological polar surface area (TPSA) is 102 Å². The molecule has 0 amide bonds. The fraction of sp³-hybridized carbons (Fsp3) is 0.722. The maximum absolute atomic E-state index is 12.8. The molecule has 0 aromatic heterocycles. The van der Waals surface area contributed by atoms with Crippen molar-refractivity contribution in [3.05, 3.63) is 29.8 Å². The number of hydrogen-bond donors (Lipinski definition) is 1. The van der Waals surface area contributed by atoms with E-state index >= 15 is 0 Å². The van der Waals surface area contributed by atoms with Gasteiger partial charge in [0.05, 0.1) is 31.5 Å². The van der Waals surface area contributed by atoms with Crippen molar-refractivity contribution in [2.75, 3.05) is 39.3 Å². The summed E-state index contributed by atoms with van der Waals surface area (Å²) in [5.41, 5.74) is 0.522. The highest BCUT2D eigenvalue weighted by atomic mass is 28.4. The number of anilines is 1. The molecule has 46 heavy (non-hydrogen) atoms. The maximum Gasteiger partial charge on any atom is 0.336 e. The summed E-state index contributed by atoms with van der Waals surface area (Å²) < 4.78 is 36.5. The highest BCUT2D eigenvalue weighted by Crippen LogP contribution is 2.67. The largest absolute Gasteiger partial charge is 0.493 e. The molecule has 2 aliphatic heterocycles. The van der Waals surface area contributed by atoms with Crippen molar-refractivity contribution in [2.45, 2.75) is 110 Å². The molecule has 256 valence electrons. The fourth-order valence-corrected chi connectivity index (χ4v) is 9.86. The number of rotatable bonds is 10. The minimum atomic E-state index is -2.08. The number of benzene rings is 1. The van der Waals surface area contributed by atoms with Gasteiger partial charge in [0.2, 0.25) is 0 Å². The Morgan fingerprint density at radius 1 is 1.07 bits per heavy atom. The second-order valence-electron chi connectivity index (χ2n) is 15.9. The predicted octanol–water partition coefficient (Wildman–Crippen LogP) is 6.91. The van der Waals surface area contributed by atoms with Gasteiger partial charge in [-0.25, -0.2) is 4.79 Å². The third kappa shape index (κ3) is 6.09. The zero-order chi connectivity index (χ0) is 33.7. The number of methoxy groups -OCH3 is 2. The van der Waals surface area contributed by atoms with E-state index in [4.69, 9.17) is 28.1 Å². The molecule has 0 spiro atoms. The van der Waals surface area contributed by atoms with Crippen LogP contribution in [0.25, 0.3) is 0 Å². The second kappa shape index (κ2) is 12.5. The quantitative estimate of drug-likeness (QED) is 0.212. The van der Waals surface area contributed by atoms with Crippen molar-refractivity contribution < 1.29 is 37.7 Å². The van der Waals surface area contributed by atoms with E-state index in [0.717, 1.165) is 37.8 Å². The van der Waals surface area contributed by atoms with Gasteiger partial charge >= 0.3 is 11.9 Å². The summed E-state index contributed by atoms with van der Waals surface area (Å²) in [5, 5.41) is 3.73. The standard InChI is InChI=1S/C36H55NO8Si/c1-23(38)44-31-14-16-34(5)29(35(31,6)22-43-46(9,10)33(2,3)4)13-17-36(21-37-24-11-12-26(40-7)28(19-24)41-8)30(34)20-27(45-36)25-15-18-42-32(25)39/h11-12,15,19,27,29-31,37H,13-14,16-18,20-22H2,1-10H3/t27-,29-,30-,31+,34+,35-,36+/m0/s1. The number of esters is 2. The van der Waals surface area contributed by atoms with Crippen LogP contribution in [0.5, 0.6) is 11.5 Å². The molecular weight excluding hydrogens is 602 g/mol. The molecule has 1 aromatic rings. The van der Waals surface area contributed by atoms with Gasteiger partial charge in [0.15, 0.2) is 19.8 Å². The second-order valence-corrected chi connectivity index (χ2v) is 20.7. The maximum atomic E-state index is 12.8. The molecule has 2 heterocycles. The summed E-state index contributed by atoms with van der Waals surface area (Å²) in [5.74, 6) is 1.18. The lowest BCUT2D eigenvalue weighted by Gasteiger charge is -2.63. The minimum absolute atomic E-state index is 0.0614. The molecule has 1 aromatic carbocycles. The van der Waals surface area contributed by atoms with Crippen molar-refractivity contribution in [1.29, 1.82) is 0 Å². The van der Waals surface area contributed by atoms with Gasteiger partial charge in [-0.1, -0.05) is 34.6 Å². The van der Waals surface area contributed by atoms with Gasteiger partial charge in [-0.05, 0) is 85.7 Å². The number of cyclic esters (lactones) is 1. The summed E-state index contributed by atoms with van der Waals surface area (Å²) in [7, 11) is 1.18. The van der Waals surface area contributed by atoms with Crippen LogP contribution < -0.4 is 14.8 Å². The minimum Gasteiger partial charge on any atom is -0.493 e. The third-order valence-electron chi connectivity index (χ3n) is 12.3. The van der Waals surface area contributed by atoms with E-state index in [9.17, 15) is 9.59 Å². The average Bonchev–Trinajstić information content (AvgIpc) is 3.60. The van der Waals surface area contributed by atoms with Crippen LogP contribution in [-0.2, 0) is 28.2 Å². The molecule has 2 saturated carbocycles. The number of carbonyl (C=O) groups is 2. The van der Waals surface area contributed by atoms with E-state index in [1.54, 1.807) is 14.2 Å². The number of nitrogens with one attached hydrogen (secondary N) is 1. The van der Waals surface area contributed by atoms with Crippen LogP contribution >= 0.6 is 0 Å². The number of hydrogen-bond acceptors (Lipinski definition) is 9. The fourth-order valence-electron chi connectivity index (χ4n) is 8.75. The Kier molecular flexibility index (Phi) is 9.42. The number of carbonyl (C=O) groups excluding carboxylic acids is 2. The predicted molar refractivity (Wildman–Crippen MR) is 180 cm³/mol. The molecule has 1 N–H and O–H groups in total. The molecular formula is C36H55NO8Si. The van der Waals surface area contributed by atoms with Crippen molar-refractivity contribution in [2.24, 2.45) is 22.7 Å². The van der Waals surface area contributed by atoms with Crippen LogP contribution in [0.2, 0.25) is 18.1 Å². The van der Waals surface area contributed by atoms with Crippen LogP contribution in [0.3, 0.4) is 0 Å². The van der Waals surface area contributed by atoms with E-state index in [1.165, 1.54) is 6.92 Å². The highest BCUT2D eigenvalue weighted by Gasteiger charge is 2.67. The first-order valence-corrected chi connectivity index (χ1v) is 19.7. The van der Waals surface area contributed by atoms with E-state index in [2.05, 4.69) is 53.0 Å². The summed E-state index contributed by atoms with van der Waals surface area (Å²) in [4.78, 5) is 25.2. The lowest BCUT2D eigenvalue weighted by atomic mass is 9.44. The van der Waals surface area contributed by atoms with Crippen LogP contribution in [0.4, 0.5) is 5.69 Å². The lowest BCUT2D eigenvalue weighted by molar-refractivity contribution is -0.209. The molecule has 4 aliphatic rings. The molecule has 5 rings (SSSR count). The molecule has 0 unspecified atom stereocenters. The van der Waals surface area contributed by atoms with E-state index < -0.39 is 13.9 Å². The van der Waals surface area contributed by atoms with Crippen LogP contribution in [0, 0.1) is 22.7 Å². The van der Waals surface area contributed by atoms with Gasteiger partial charge in [0.25, 0.3) is 0 Å². The summed E-state index contributed by atoms with van der Waals surface area (Å²) in [6, 6.07) is 5.83. The molecule has 3 fully saturated rings. The van der Waals surface area contributed by atoms with Gasteiger partial charge in [-0.15, -0.1) is 0 Å². The smallest absolute Gasteiger partial charge is 0.336 e. The normalized spacial score (nSPS) is 34.2. The molecule has 0 bridgehead atoms. The van der Waals surface area contributed by atoms with Crippen LogP contribution in [0.15, 0.2) is 29.8 Å². The van der Waals surface area contributed by atoms with Crippen molar-refractivity contribution in [3.8, 4) is 11.5 Å². The highest BCUT2D eigenvalue weighted by molar-refractivity contribution is 6.74. The SMILES string of the molecule is COc1ccc(NC[C@]23CC[C@@H]4[C@](C)(CO[Si](C)(C)C(C)(C)C)[C@H](OC(C)=O)CC[C@@]4(C)[C@@H]2C[C@@H](C2=CCOC2=O)O3)cc1OC. The van der Waals surface area contributed by atoms with E-state index in [1.807, 2.05) is 24.3 Å². The Hall–Kier alpha value is -2.56. The number of ether oxygens (including phenoxy) is 5. The molecule has 1 saturated heterocycles. The van der Waals surface area contributed by atoms with Crippen LogP contribution in [-0.4, -0.2) is 72.0 Å². The first-order valence-electron chi connectivity index (χ1n) is 16.8. The zero-order valence-corrected chi connectivity index (χ0v) is 30.5. The molecule has 7 atom stereocenters. The first-order chi connectivity index (χ1) is 21.5. The van der Waals surface area contributed by atoms with Gasteiger partial charge < -0.3 is 33.4 Å². The zero-order valence-electron chi connectivity index (χ0n) is 29.5. The third-order valence-corrected chi connectivity index (χ3v) is 16.8. The first kappa shape index (κ1) is 34.8. The van der Waals surface area contributed by atoms with Crippen molar-refractivity contribution in [1.82, 2.24) is 0 Å². The Balaban J connectivity index is 1.50. The lowest BCUT2D eigenvalue weighted by Crippen LogP contribution is -2.64. The summed E-state index contributed by atoms with van der Waals surface area (Å²) >= 11 is 0. The average molecular weight is 658 g/mol.